The number of esters is 1. The number of carbonyl (C=O) groups excluding carboxylic acids is 1. The third-order valence-electron chi connectivity index (χ3n) is 3.19. The Kier molecular flexibility index (Phi) is 4.86. The van der Waals surface area contributed by atoms with E-state index in [2.05, 4.69) is 4.74 Å². The van der Waals surface area contributed by atoms with Crippen molar-refractivity contribution in [2.75, 3.05) is 7.11 Å². The highest BCUT2D eigenvalue weighted by Gasteiger charge is 2.37. The second kappa shape index (κ2) is 6.57. The van der Waals surface area contributed by atoms with Gasteiger partial charge in [-0.05, 0) is 18.2 Å². The fraction of sp³-hybridized carbons (Fsp3) is 0.0714. The number of nitrogens with zero attached hydrogens (tertiary/aromatic N) is 1. The van der Waals surface area contributed by atoms with E-state index in [9.17, 15) is 33.5 Å². The van der Waals surface area contributed by atoms with E-state index in [-0.39, 0.29) is 9.92 Å². The summed E-state index contributed by atoms with van der Waals surface area (Å²) in [7, 11) is -3.62. The molecule has 0 radical (unpaired) electrons. The average Bonchev–Trinajstić information content (AvgIpc) is 2.55. The summed E-state index contributed by atoms with van der Waals surface area (Å²) in [5.74, 6) is -3.71. The number of phenols is 2. The van der Waals surface area contributed by atoms with Crippen LogP contribution < -0.4 is 0 Å². The molecular formula is C14H10ClNO8S. The Bertz CT molecular complexity index is 987. The van der Waals surface area contributed by atoms with Crippen LogP contribution in [0, 0.1) is 10.1 Å². The maximum Gasteiger partial charge on any atom is 0.346 e. The first-order valence-electron chi connectivity index (χ1n) is 6.43. The van der Waals surface area contributed by atoms with Crippen molar-refractivity contribution >= 4 is 33.1 Å². The normalized spacial score (nSPS) is 11.1. The molecule has 25 heavy (non-hydrogen) atoms. The maximum absolute atomic E-state index is 12.8. The van der Waals surface area contributed by atoms with E-state index in [1.165, 1.54) is 12.1 Å². The zero-order valence-electron chi connectivity index (χ0n) is 12.5. The molecule has 0 atom stereocenters. The number of carbonyl (C=O) groups is 1. The van der Waals surface area contributed by atoms with Gasteiger partial charge < -0.3 is 14.9 Å². The number of phenolic OH excluding ortho intramolecular Hbond substituents is 2. The molecular weight excluding hydrogens is 378 g/mol. The zero-order chi connectivity index (χ0) is 18.9. The van der Waals surface area contributed by atoms with Crippen LogP contribution in [-0.2, 0) is 14.6 Å². The SMILES string of the molecule is COC(=O)c1c(S(=O)(=O)c2cccc(Cl)c2)cc(O)c(O)c1[N+](=O)[O-]. The predicted molar refractivity (Wildman–Crippen MR) is 84.7 cm³/mol. The van der Waals surface area contributed by atoms with E-state index >= 15 is 0 Å². The first-order chi connectivity index (χ1) is 11.6. The molecule has 132 valence electrons. The molecule has 0 aliphatic rings. The molecule has 0 heterocycles. The van der Waals surface area contributed by atoms with Gasteiger partial charge in [0.15, 0.2) is 11.3 Å². The topological polar surface area (TPSA) is 144 Å². The summed E-state index contributed by atoms with van der Waals surface area (Å²) in [4.78, 5) is 20.7. The molecule has 0 bridgehead atoms. The lowest BCUT2D eigenvalue weighted by molar-refractivity contribution is -0.386. The summed E-state index contributed by atoms with van der Waals surface area (Å²) in [6.45, 7) is 0. The van der Waals surface area contributed by atoms with Gasteiger partial charge in [-0.15, -0.1) is 0 Å². The van der Waals surface area contributed by atoms with E-state index in [0.29, 0.717) is 6.07 Å². The van der Waals surface area contributed by atoms with Gasteiger partial charge in [-0.1, -0.05) is 17.7 Å². The van der Waals surface area contributed by atoms with Crippen LogP contribution in [0.25, 0.3) is 0 Å². The molecule has 0 aromatic heterocycles. The Balaban J connectivity index is 2.94. The van der Waals surface area contributed by atoms with E-state index in [1.54, 1.807) is 0 Å². The molecule has 0 aliphatic carbocycles. The second-order valence-electron chi connectivity index (χ2n) is 4.68. The molecule has 0 unspecified atom stereocenters. The Hall–Kier alpha value is -2.85. The number of nitro benzene ring substituents is 1. The van der Waals surface area contributed by atoms with Gasteiger partial charge in [0.05, 0.1) is 21.8 Å². The number of benzene rings is 2. The Morgan fingerprint density at radius 1 is 1.28 bits per heavy atom. The third-order valence-corrected chi connectivity index (χ3v) is 5.20. The van der Waals surface area contributed by atoms with Crippen LogP contribution in [0.4, 0.5) is 5.69 Å². The smallest absolute Gasteiger partial charge is 0.346 e. The molecule has 2 aromatic rings. The van der Waals surface area contributed by atoms with Crippen molar-refractivity contribution < 1.29 is 33.1 Å². The monoisotopic (exact) mass is 387 g/mol. The average molecular weight is 388 g/mol. The van der Waals surface area contributed by atoms with Crippen LogP contribution in [0.3, 0.4) is 0 Å². The number of rotatable bonds is 4. The molecule has 2 rings (SSSR count). The summed E-state index contributed by atoms with van der Waals surface area (Å²) < 4.78 is 30.0. The minimum atomic E-state index is -4.50. The van der Waals surface area contributed by atoms with Crippen molar-refractivity contribution in [1.29, 1.82) is 0 Å². The third kappa shape index (κ3) is 3.21. The number of hydrogen-bond donors (Lipinski definition) is 2. The molecule has 0 aliphatic heterocycles. The number of nitro groups is 1. The van der Waals surface area contributed by atoms with Crippen molar-refractivity contribution in [2.45, 2.75) is 9.79 Å². The number of aromatic hydroxyl groups is 2. The van der Waals surface area contributed by atoms with Crippen molar-refractivity contribution in [1.82, 2.24) is 0 Å². The largest absolute Gasteiger partial charge is 0.504 e. The van der Waals surface area contributed by atoms with Crippen LogP contribution in [0.1, 0.15) is 10.4 Å². The van der Waals surface area contributed by atoms with Crippen LogP contribution in [-0.4, -0.2) is 36.6 Å². The van der Waals surface area contributed by atoms with Gasteiger partial charge in [-0.25, -0.2) is 13.2 Å². The molecule has 0 amide bonds. The maximum atomic E-state index is 12.8. The lowest BCUT2D eigenvalue weighted by Crippen LogP contribution is -2.14. The van der Waals surface area contributed by atoms with Gasteiger partial charge in [0.25, 0.3) is 0 Å². The summed E-state index contributed by atoms with van der Waals surface area (Å²) in [6.07, 6.45) is 0. The van der Waals surface area contributed by atoms with E-state index < -0.39 is 48.4 Å². The van der Waals surface area contributed by atoms with Crippen LogP contribution in [0.2, 0.25) is 5.02 Å². The van der Waals surface area contributed by atoms with Crippen LogP contribution in [0.5, 0.6) is 11.5 Å². The van der Waals surface area contributed by atoms with Gasteiger partial charge in [-0.2, -0.15) is 0 Å². The van der Waals surface area contributed by atoms with Crippen LogP contribution in [0.15, 0.2) is 40.1 Å². The highest BCUT2D eigenvalue weighted by Crippen LogP contribution is 2.43. The van der Waals surface area contributed by atoms with E-state index in [1.807, 2.05) is 0 Å². The number of hydrogen-bond acceptors (Lipinski definition) is 8. The van der Waals surface area contributed by atoms with Gasteiger partial charge in [-0.3, -0.25) is 10.1 Å². The number of sulfone groups is 1. The fourth-order valence-electron chi connectivity index (χ4n) is 2.07. The Morgan fingerprint density at radius 2 is 1.92 bits per heavy atom. The van der Waals surface area contributed by atoms with Gasteiger partial charge in [0.1, 0.15) is 0 Å². The molecule has 2 N–H and O–H groups in total. The summed E-state index contributed by atoms with van der Waals surface area (Å²) in [5, 5.41) is 30.6. The van der Waals surface area contributed by atoms with Crippen molar-refractivity contribution in [3.8, 4) is 11.5 Å². The van der Waals surface area contributed by atoms with Gasteiger partial charge in [0.2, 0.25) is 15.6 Å². The molecule has 2 aromatic carbocycles. The molecule has 0 spiro atoms. The quantitative estimate of drug-likeness (QED) is 0.352. The molecule has 11 heteroatoms. The highest BCUT2D eigenvalue weighted by atomic mass is 35.5. The number of halogens is 1. The minimum Gasteiger partial charge on any atom is -0.504 e. The molecule has 0 saturated heterocycles. The number of methoxy groups -OCH3 is 1. The lowest BCUT2D eigenvalue weighted by atomic mass is 10.1. The zero-order valence-corrected chi connectivity index (χ0v) is 14.0. The first-order valence-corrected chi connectivity index (χ1v) is 8.29. The van der Waals surface area contributed by atoms with Crippen molar-refractivity contribution in [3.05, 3.63) is 51.0 Å². The van der Waals surface area contributed by atoms with E-state index in [0.717, 1.165) is 19.2 Å². The Labute approximate surface area is 146 Å². The summed E-state index contributed by atoms with van der Waals surface area (Å²) in [5.41, 5.74) is -2.30. The summed E-state index contributed by atoms with van der Waals surface area (Å²) in [6, 6.07) is 5.47. The standard InChI is InChI=1S/C14H10ClNO8S/c1-24-14(19)11-10(6-9(17)13(18)12(11)16(20)21)25(22,23)8-4-2-3-7(15)5-8/h2-6,17-18H,1H3. The first kappa shape index (κ1) is 18.5. The van der Waals surface area contributed by atoms with Crippen molar-refractivity contribution in [3.63, 3.8) is 0 Å². The van der Waals surface area contributed by atoms with Crippen LogP contribution >= 0.6 is 11.6 Å². The lowest BCUT2D eigenvalue weighted by Gasteiger charge is -2.12. The summed E-state index contributed by atoms with van der Waals surface area (Å²) >= 11 is 5.75. The van der Waals surface area contributed by atoms with Gasteiger partial charge >= 0.3 is 11.7 Å². The Morgan fingerprint density at radius 3 is 2.44 bits per heavy atom. The second-order valence-corrected chi connectivity index (χ2v) is 7.03. The molecule has 0 fully saturated rings. The van der Waals surface area contributed by atoms with Crippen molar-refractivity contribution in [2.24, 2.45) is 0 Å². The number of ether oxygens (including phenoxy) is 1. The molecule has 9 nitrogen and oxygen atoms in total. The fourth-order valence-corrected chi connectivity index (χ4v) is 3.84. The van der Waals surface area contributed by atoms with E-state index in [4.69, 9.17) is 11.6 Å². The molecule has 0 saturated carbocycles. The van der Waals surface area contributed by atoms with Gasteiger partial charge in [0, 0.05) is 11.1 Å². The highest BCUT2D eigenvalue weighted by molar-refractivity contribution is 7.91. The minimum absolute atomic E-state index is 0.0678. The predicted octanol–water partition coefficient (Wildman–Crippen LogP) is 2.28.